The van der Waals surface area contributed by atoms with Crippen LogP contribution in [0.4, 0.5) is 0 Å². The molecule has 0 spiro atoms. The first-order chi connectivity index (χ1) is 6.54. The predicted molar refractivity (Wildman–Crippen MR) is 39.5 cm³/mol. The lowest BCUT2D eigenvalue weighted by Crippen LogP contribution is -1.88. The fourth-order valence-corrected chi connectivity index (χ4v) is 0.577. The van der Waals surface area contributed by atoms with Gasteiger partial charge in [0.25, 0.3) is 0 Å². The Morgan fingerprint density at radius 3 is 1.80 bits per heavy atom. The summed E-state index contributed by atoms with van der Waals surface area (Å²) >= 11 is 0. The summed E-state index contributed by atoms with van der Waals surface area (Å²) in [4.78, 5) is 0. The zero-order valence-electron chi connectivity index (χ0n) is 9.82. The van der Waals surface area contributed by atoms with Crippen molar-refractivity contribution in [3.63, 3.8) is 0 Å². The van der Waals surface area contributed by atoms with Crippen molar-refractivity contribution in [1.29, 1.82) is 0 Å². The smallest absolute Gasteiger partial charge is 0.160 e. The van der Waals surface area contributed by atoms with E-state index in [0.29, 0.717) is 0 Å². The average Bonchev–Trinajstić information content (AvgIpc) is 2.20. The van der Waals surface area contributed by atoms with Gasteiger partial charge in [0.15, 0.2) is 11.5 Å². The molecule has 0 N–H and O–H groups in total. The fourth-order valence-electron chi connectivity index (χ4n) is 0.577. The molecule has 0 heterocycles. The lowest BCUT2D eigenvalue weighted by Gasteiger charge is -2.04. The number of para-hydroxylation sites is 2. The molecule has 0 aliphatic carbocycles. The van der Waals surface area contributed by atoms with Crippen LogP contribution < -0.4 is 9.47 Å². The van der Waals surface area contributed by atoms with Crippen LogP contribution in [0.25, 0.3) is 0 Å². The molecule has 0 aliphatic heterocycles. The van der Waals surface area contributed by atoms with Crippen molar-refractivity contribution in [2.75, 3.05) is 14.2 Å². The second-order valence-electron chi connectivity index (χ2n) is 1.57. The van der Waals surface area contributed by atoms with Gasteiger partial charge in [-0.1, -0.05) is 12.1 Å². The summed E-state index contributed by atoms with van der Waals surface area (Å²) in [6.45, 7) is 0. The third-order valence-electron chi connectivity index (χ3n) is 1.03. The number of benzene rings is 1. The third-order valence-corrected chi connectivity index (χ3v) is 1.03. The first-order valence-electron chi connectivity index (χ1n) is 4.72. The van der Waals surface area contributed by atoms with Gasteiger partial charge < -0.3 is 9.47 Å². The Labute approximate surface area is 66.0 Å². The maximum Gasteiger partial charge on any atom is 0.160 e. The Kier molecular flexibility index (Phi) is 1.02. The summed E-state index contributed by atoms with van der Waals surface area (Å²) in [5.74, 6) is 0.0528. The Morgan fingerprint density at radius 2 is 1.50 bits per heavy atom. The standard InChI is InChI=1S/C8H10O2/c1-9-7-5-3-4-6-8(7)10-2/h3-6H,1-2H3/i3D,4D,5D,6D. The quantitative estimate of drug-likeness (QED) is 0.625. The largest absolute Gasteiger partial charge is 0.493 e. The molecule has 0 saturated carbocycles. The van der Waals surface area contributed by atoms with Gasteiger partial charge in [-0.3, -0.25) is 0 Å². The second-order valence-corrected chi connectivity index (χ2v) is 1.57. The van der Waals surface area contributed by atoms with Gasteiger partial charge in [-0.05, 0) is 12.1 Å². The lowest BCUT2D eigenvalue weighted by molar-refractivity contribution is 0.355. The van der Waals surface area contributed by atoms with Crippen molar-refractivity contribution in [1.82, 2.24) is 0 Å². The zero-order chi connectivity index (χ0) is 10.9. The predicted octanol–water partition coefficient (Wildman–Crippen LogP) is 1.70. The van der Waals surface area contributed by atoms with E-state index in [1.807, 2.05) is 0 Å². The molecule has 0 amide bonds. The fraction of sp³-hybridized carbons (Fsp3) is 0.250. The van der Waals surface area contributed by atoms with E-state index in [1.165, 1.54) is 14.2 Å². The monoisotopic (exact) mass is 142 g/mol. The molecule has 1 aromatic rings. The maximum absolute atomic E-state index is 7.48. The van der Waals surface area contributed by atoms with Crippen molar-refractivity contribution in [3.8, 4) is 11.5 Å². The first kappa shape index (κ1) is 3.28. The molecule has 1 rings (SSSR count). The van der Waals surface area contributed by atoms with Crippen LogP contribution in [0.15, 0.2) is 24.2 Å². The van der Waals surface area contributed by atoms with E-state index < -0.39 is 0 Å². The van der Waals surface area contributed by atoms with Crippen molar-refractivity contribution in [3.05, 3.63) is 24.2 Å². The molecule has 0 atom stereocenters. The molecule has 10 heavy (non-hydrogen) atoms. The first-order valence-corrected chi connectivity index (χ1v) is 2.72. The minimum Gasteiger partial charge on any atom is -0.493 e. The molecule has 0 aromatic heterocycles. The molecule has 1 aromatic carbocycles. The molecule has 0 saturated heterocycles. The summed E-state index contributed by atoms with van der Waals surface area (Å²) in [5.41, 5.74) is 0. The molecular formula is C8H10O2. The molecule has 0 radical (unpaired) electrons. The van der Waals surface area contributed by atoms with Gasteiger partial charge in [-0.25, -0.2) is 0 Å². The molecule has 0 bridgehead atoms. The molecule has 2 nitrogen and oxygen atoms in total. The van der Waals surface area contributed by atoms with E-state index in [9.17, 15) is 0 Å². The summed E-state index contributed by atoms with van der Waals surface area (Å²) in [7, 11) is 2.66. The van der Waals surface area contributed by atoms with E-state index in [1.54, 1.807) is 0 Å². The van der Waals surface area contributed by atoms with Crippen LogP contribution in [-0.4, -0.2) is 14.2 Å². The summed E-state index contributed by atoms with van der Waals surface area (Å²) in [5, 5.41) is 0. The topological polar surface area (TPSA) is 18.5 Å². The molecular weight excluding hydrogens is 128 g/mol. The number of hydrogen-bond acceptors (Lipinski definition) is 2. The normalized spacial score (nSPS) is 14.6. The van der Waals surface area contributed by atoms with Crippen LogP contribution in [-0.2, 0) is 0 Å². The van der Waals surface area contributed by atoms with E-state index in [2.05, 4.69) is 0 Å². The van der Waals surface area contributed by atoms with E-state index in [4.69, 9.17) is 15.0 Å². The van der Waals surface area contributed by atoms with Crippen LogP contribution >= 0.6 is 0 Å². The molecule has 0 fully saturated rings. The molecule has 2 heteroatoms. The highest BCUT2D eigenvalue weighted by atomic mass is 16.5. The third kappa shape index (κ3) is 1.21. The minimum absolute atomic E-state index is 0.0264. The average molecular weight is 142 g/mol. The van der Waals surface area contributed by atoms with Crippen LogP contribution in [0, 0.1) is 0 Å². The number of ether oxygens (including phenoxy) is 2. The lowest BCUT2D eigenvalue weighted by atomic mass is 10.3. The Morgan fingerprint density at radius 1 is 1.10 bits per heavy atom. The zero-order valence-corrected chi connectivity index (χ0v) is 5.82. The van der Waals surface area contributed by atoms with E-state index in [-0.39, 0.29) is 35.7 Å². The van der Waals surface area contributed by atoms with E-state index >= 15 is 0 Å². The van der Waals surface area contributed by atoms with Crippen LogP contribution in [0.3, 0.4) is 0 Å². The molecule has 0 aliphatic rings. The Bertz CT molecular complexity index is 330. The van der Waals surface area contributed by atoms with Crippen LogP contribution in [0.2, 0.25) is 0 Å². The van der Waals surface area contributed by atoms with Crippen molar-refractivity contribution in [2.24, 2.45) is 0 Å². The number of hydrogen-bond donors (Lipinski definition) is 0. The minimum atomic E-state index is -0.326. The Hall–Kier alpha value is -1.18. The second kappa shape index (κ2) is 3.11. The highest BCUT2D eigenvalue weighted by Gasteiger charge is 1.97. The van der Waals surface area contributed by atoms with Gasteiger partial charge in [-0.2, -0.15) is 0 Å². The van der Waals surface area contributed by atoms with Crippen molar-refractivity contribution in [2.45, 2.75) is 0 Å². The van der Waals surface area contributed by atoms with Crippen molar-refractivity contribution >= 4 is 0 Å². The summed E-state index contributed by atoms with van der Waals surface area (Å²) in [6, 6.07) is -1.11. The Balaban J connectivity index is 3.57. The van der Waals surface area contributed by atoms with Crippen LogP contribution in [0.1, 0.15) is 5.48 Å². The number of rotatable bonds is 2. The molecule has 54 valence electrons. The van der Waals surface area contributed by atoms with Gasteiger partial charge in [0, 0.05) is 0 Å². The SMILES string of the molecule is [2H]c1c([2H])c([2H])c(OC)c(OC)c1[2H]. The highest BCUT2D eigenvalue weighted by molar-refractivity contribution is 5.38. The van der Waals surface area contributed by atoms with E-state index in [0.717, 1.165) is 0 Å². The number of methoxy groups -OCH3 is 2. The summed E-state index contributed by atoms with van der Waals surface area (Å²) < 4.78 is 39.4. The van der Waals surface area contributed by atoms with Gasteiger partial charge in [-0.15, -0.1) is 0 Å². The summed E-state index contributed by atoms with van der Waals surface area (Å²) in [6.07, 6.45) is 0. The maximum atomic E-state index is 7.48. The van der Waals surface area contributed by atoms with Gasteiger partial charge in [0.05, 0.1) is 19.7 Å². The van der Waals surface area contributed by atoms with Crippen LogP contribution in [0.5, 0.6) is 11.5 Å². The van der Waals surface area contributed by atoms with Gasteiger partial charge >= 0.3 is 0 Å². The van der Waals surface area contributed by atoms with Gasteiger partial charge in [0.1, 0.15) is 0 Å². The molecule has 0 unspecified atom stereocenters. The van der Waals surface area contributed by atoms with Gasteiger partial charge in [0.2, 0.25) is 0 Å². The highest BCUT2D eigenvalue weighted by Crippen LogP contribution is 2.24. The van der Waals surface area contributed by atoms with Crippen molar-refractivity contribution < 1.29 is 15.0 Å².